The molecule has 0 aromatic heterocycles. The molecule has 0 radical (unpaired) electrons. The molecule has 0 bridgehead atoms. The van der Waals surface area contributed by atoms with E-state index < -0.39 is 29.6 Å². The number of alkyl halides is 3. The topological polar surface area (TPSA) is 49.3 Å². The van der Waals surface area contributed by atoms with Gasteiger partial charge in [-0.25, -0.2) is 4.39 Å². The van der Waals surface area contributed by atoms with Gasteiger partial charge in [-0.15, -0.1) is 0 Å². The standard InChI is InChI=1S/C17H15F4NO2/c18-14-3-1-2-12(9-14)15(23)10-22-16(24)8-11-4-6-13(7-5-11)17(19,20)21/h1-7,9,15,23H,8,10H2,(H,22,24). The molecule has 1 unspecified atom stereocenters. The number of halogens is 4. The van der Waals surface area contributed by atoms with Gasteiger partial charge in [0.15, 0.2) is 0 Å². The van der Waals surface area contributed by atoms with Gasteiger partial charge >= 0.3 is 6.18 Å². The van der Waals surface area contributed by atoms with Crippen LogP contribution in [0, 0.1) is 5.82 Å². The fraction of sp³-hybridized carbons (Fsp3) is 0.235. The van der Waals surface area contributed by atoms with Crippen LogP contribution in [0.2, 0.25) is 0 Å². The van der Waals surface area contributed by atoms with Crippen molar-refractivity contribution in [2.45, 2.75) is 18.7 Å². The summed E-state index contributed by atoms with van der Waals surface area (Å²) in [5.74, 6) is -0.951. The van der Waals surface area contributed by atoms with Crippen LogP contribution in [-0.2, 0) is 17.4 Å². The van der Waals surface area contributed by atoms with E-state index in [0.29, 0.717) is 11.1 Å². The smallest absolute Gasteiger partial charge is 0.387 e. The quantitative estimate of drug-likeness (QED) is 0.821. The number of carbonyl (C=O) groups excluding carboxylic acids is 1. The summed E-state index contributed by atoms with van der Waals surface area (Å²) in [4.78, 5) is 11.8. The zero-order chi connectivity index (χ0) is 17.7. The second kappa shape index (κ2) is 7.44. The van der Waals surface area contributed by atoms with E-state index in [-0.39, 0.29) is 13.0 Å². The summed E-state index contributed by atoms with van der Waals surface area (Å²) in [5.41, 5.74) is -0.0428. The Hall–Kier alpha value is -2.41. The van der Waals surface area contributed by atoms with Crippen LogP contribution < -0.4 is 5.32 Å². The van der Waals surface area contributed by atoms with Crippen molar-refractivity contribution >= 4 is 5.91 Å². The third kappa shape index (κ3) is 5.06. The Bertz CT molecular complexity index is 698. The zero-order valence-electron chi connectivity index (χ0n) is 12.5. The first-order valence-corrected chi connectivity index (χ1v) is 7.12. The summed E-state index contributed by atoms with van der Waals surface area (Å²) in [6.45, 7) is -0.122. The molecule has 1 atom stereocenters. The molecule has 24 heavy (non-hydrogen) atoms. The molecule has 2 aromatic rings. The lowest BCUT2D eigenvalue weighted by Gasteiger charge is -2.12. The first-order chi connectivity index (χ1) is 11.3. The number of aliphatic hydroxyl groups excluding tert-OH is 1. The van der Waals surface area contributed by atoms with Crippen LogP contribution in [0.4, 0.5) is 17.6 Å². The number of aliphatic hydroxyl groups is 1. The van der Waals surface area contributed by atoms with Crippen LogP contribution in [0.1, 0.15) is 22.8 Å². The fourth-order valence-electron chi connectivity index (χ4n) is 2.10. The maximum atomic E-state index is 13.1. The zero-order valence-corrected chi connectivity index (χ0v) is 12.5. The third-order valence-electron chi connectivity index (χ3n) is 3.37. The molecule has 0 aliphatic heterocycles. The highest BCUT2D eigenvalue weighted by Gasteiger charge is 2.29. The van der Waals surface area contributed by atoms with Crippen LogP contribution >= 0.6 is 0 Å². The first kappa shape index (κ1) is 17.9. The van der Waals surface area contributed by atoms with Crippen molar-refractivity contribution in [3.8, 4) is 0 Å². The summed E-state index contributed by atoms with van der Waals surface area (Å²) >= 11 is 0. The van der Waals surface area contributed by atoms with Gasteiger partial charge in [0.1, 0.15) is 5.82 Å². The van der Waals surface area contributed by atoms with E-state index in [1.165, 1.54) is 30.3 Å². The molecule has 2 rings (SSSR count). The van der Waals surface area contributed by atoms with Crippen LogP contribution in [-0.4, -0.2) is 17.6 Å². The predicted octanol–water partition coefficient (Wildman–Crippen LogP) is 3.24. The SMILES string of the molecule is O=C(Cc1ccc(C(F)(F)F)cc1)NCC(O)c1cccc(F)c1. The van der Waals surface area contributed by atoms with Crippen molar-refractivity contribution in [2.24, 2.45) is 0 Å². The fourth-order valence-corrected chi connectivity index (χ4v) is 2.10. The Morgan fingerprint density at radius 3 is 2.38 bits per heavy atom. The van der Waals surface area contributed by atoms with E-state index in [1.807, 2.05) is 0 Å². The van der Waals surface area contributed by atoms with Gasteiger partial charge in [0.25, 0.3) is 0 Å². The van der Waals surface area contributed by atoms with Crippen LogP contribution in [0.3, 0.4) is 0 Å². The van der Waals surface area contributed by atoms with Gasteiger partial charge < -0.3 is 10.4 Å². The van der Waals surface area contributed by atoms with E-state index in [4.69, 9.17) is 0 Å². The average molecular weight is 341 g/mol. The molecule has 0 aliphatic rings. The molecule has 0 fully saturated rings. The van der Waals surface area contributed by atoms with Crippen molar-refractivity contribution in [1.82, 2.24) is 5.32 Å². The summed E-state index contributed by atoms with van der Waals surface area (Å²) < 4.78 is 50.4. The van der Waals surface area contributed by atoms with Gasteiger partial charge in [0.2, 0.25) is 5.91 Å². The molecule has 2 aromatic carbocycles. The molecule has 7 heteroatoms. The Balaban J connectivity index is 1.87. The summed E-state index contributed by atoms with van der Waals surface area (Å²) in [6, 6.07) is 9.63. The molecule has 3 nitrogen and oxygen atoms in total. The van der Waals surface area contributed by atoms with Crippen molar-refractivity contribution in [3.63, 3.8) is 0 Å². The average Bonchev–Trinajstić information content (AvgIpc) is 2.52. The first-order valence-electron chi connectivity index (χ1n) is 7.12. The molecule has 0 saturated heterocycles. The van der Waals surface area contributed by atoms with E-state index in [2.05, 4.69) is 5.32 Å². The number of carbonyl (C=O) groups is 1. The van der Waals surface area contributed by atoms with E-state index in [0.717, 1.165) is 18.2 Å². The minimum Gasteiger partial charge on any atom is -0.387 e. The molecule has 1 amide bonds. The highest BCUT2D eigenvalue weighted by atomic mass is 19.4. The van der Waals surface area contributed by atoms with Crippen molar-refractivity contribution in [2.75, 3.05) is 6.54 Å². The maximum Gasteiger partial charge on any atom is 0.416 e. The number of benzene rings is 2. The highest BCUT2D eigenvalue weighted by molar-refractivity contribution is 5.78. The highest BCUT2D eigenvalue weighted by Crippen LogP contribution is 2.29. The molecular formula is C17H15F4NO2. The van der Waals surface area contributed by atoms with Crippen molar-refractivity contribution in [3.05, 3.63) is 71.0 Å². The molecular weight excluding hydrogens is 326 g/mol. The Morgan fingerprint density at radius 2 is 1.79 bits per heavy atom. The number of amides is 1. The minimum absolute atomic E-state index is 0.117. The summed E-state index contributed by atoms with van der Waals surface area (Å²) in [5, 5.41) is 12.3. The van der Waals surface area contributed by atoms with Gasteiger partial charge in [0, 0.05) is 6.54 Å². The van der Waals surface area contributed by atoms with Gasteiger partial charge in [-0.2, -0.15) is 13.2 Å². The monoisotopic (exact) mass is 341 g/mol. The van der Waals surface area contributed by atoms with E-state index in [1.54, 1.807) is 0 Å². The Labute approximate surface area is 135 Å². The van der Waals surface area contributed by atoms with E-state index >= 15 is 0 Å². The number of hydrogen-bond donors (Lipinski definition) is 2. The maximum absolute atomic E-state index is 13.1. The summed E-state index contributed by atoms with van der Waals surface area (Å²) in [6.07, 6.45) is -5.61. The largest absolute Gasteiger partial charge is 0.416 e. The second-order valence-corrected chi connectivity index (χ2v) is 5.25. The van der Waals surface area contributed by atoms with Gasteiger partial charge in [-0.3, -0.25) is 4.79 Å². The number of nitrogens with one attached hydrogen (secondary N) is 1. The molecule has 0 spiro atoms. The molecule has 0 aliphatic carbocycles. The molecule has 0 heterocycles. The molecule has 2 N–H and O–H groups in total. The van der Waals surface area contributed by atoms with Crippen LogP contribution in [0.5, 0.6) is 0 Å². The molecule has 0 saturated carbocycles. The lowest BCUT2D eigenvalue weighted by Crippen LogP contribution is -2.29. The van der Waals surface area contributed by atoms with Crippen molar-refractivity contribution < 1.29 is 27.5 Å². The predicted molar refractivity (Wildman–Crippen MR) is 79.5 cm³/mol. The Kier molecular flexibility index (Phi) is 5.56. The van der Waals surface area contributed by atoms with Gasteiger partial charge in [-0.1, -0.05) is 24.3 Å². The van der Waals surface area contributed by atoms with Crippen molar-refractivity contribution in [1.29, 1.82) is 0 Å². The minimum atomic E-state index is -4.42. The van der Waals surface area contributed by atoms with Crippen LogP contribution in [0.25, 0.3) is 0 Å². The van der Waals surface area contributed by atoms with Crippen LogP contribution in [0.15, 0.2) is 48.5 Å². The lowest BCUT2D eigenvalue weighted by atomic mass is 10.1. The van der Waals surface area contributed by atoms with Gasteiger partial charge in [0.05, 0.1) is 18.1 Å². The normalized spacial score (nSPS) is 12.7. The van der Waals surface area contributed by atoms with E-state index in [9.17, 15) is 27.5 Å². The Morgan fingerprint density at radius 1 is 1.12 bits per heavy atom. The number of rotatable bonds is 5. The molecule has 128 valence electrons. The summed E-state index contributed by atoms with van der Waals surface area (Å²) in [7, 11) is 0. The van der Waals surface area contributed by atoms with Gasteiger partial charge in [-0.05, 0) is 35.4 Å². The lowest BCUT2D eigenvalue weighted by molar-refractivity contribution is -0.137. The number of hydrogen-bond acceptors (Lipinski definition) is 2. The second-order valence-electron chi connectivity index (χ2n) is 5.25. The third-order valence-corrected chi connectivity index (χ3v) is 3.37.